The van der Waals surface area contributed by atoms with Crippen LogP contribution in [0.5, 0.6) is 0 Å². The maximum atomic E-state index is 12.0. The van der Waals surface area contributed by atoms with Gasteiger partial charge >= 0.3 is 0 Å². The van der Waals surface area contributed by atoms with E-state index < -0.39 is 0 Å². The van der Waals surface area contributed by atoms with Crippen molar-refractivity contribution in [1.82, 2.24) is 15.5 Å². The molecule has 0 aliphatic carbocycles. The Morgan fingerprint density at radius 2 is 2.15 bits per heavy atom. The molecule has 0 aromatic rings. The first kappa shape index (κ1) is 15.3. The Balaban J connectivity index is 1.77. The molecule has 0 radical (unpaired) electrons. The topological polar surface area (TPSA) is 70.7 Å². The second-order valence-corrected chi connectivity index (χ2v) is 5.63. The molecule has 2 saturated heterocycles. The third-order valence-electron chi connectivity index (χ3n) is 4.12. The maximum Gasteiger partial charge on any atom is 0.237 e. The van der Waals surface area contributed by atoms with E-state index in [2.05, 4.69) is 10.6 Å². The van der Waals surface area contributed by atoms with E-state index >= 15 is 0 Å². The van der Waals surface area contributed by atoms with Crippen LogP contribution in [-0.4, -0.2) is 62.7 Å². The Morgan fingerprint density at radius 1 is 1.30 bits per heavy atom. The van der Waals surface area contributed by atoms with E-state index in [1.165, 1.54) is 0 Å². The fraction of sp³-hybridized carbons (Fsp3) is 0.857. The van der Waals surface area contributed by atoms with Gasteiger partial charge in [0.1, 0.15) is 0 Å². The highest BCUT2D eigenvalue weighted by molar-refractivity contribution is 5.83. The van der Waals surface area contributed by atoms with Crippen LogP contribution in [0.3, 0.4) is 0 Å². The van der Waals surface area contributed by atoms with Gasteiger partial charge in [0.05, 0.1) is 19.2 Å². The molecule has 2 aliphatic rings. The van der Waals surface area contributed by atoms with Gasteiger partial charge in [0.25, 0.3) is 0 Å². The molecule has 2 aliphatic heterocycles. The second-order valence-electron chi connectivity index (χ2n) is 5.63. The van der Waals surface area contributed by atoms with Gasteiger partial charge in [-0.1, -0.05) is 6.42 Å². The zero-order valence-electron chi connectivity index (χ0n) is 12.2. The van der Waals surface area contributed by atoms with E-state index in [-0.39, 0.29) is 17.9 Å². The van der Waals surface area contributed by atoms with Crippen LogP contribution in [0, 0.1) is 5.92 Å². The van der Waals surface area contributed by atoms with E-state index in [0.29, 0.717) is 19.0 Å². The summed E-state index contributed by atoms with van der Waals surface area (Å²) in [6.45, 7) is 3.34. The Labute approximate surface area is 120 Å². The van der Waals surface area contributed by atoms with E-state index in [1.54, 1.807) is 7.05 Å². The van der Waals surface area contributed by atoms with E-state index in [0.717, 1.165) is 45.4 Å². The van der Waals surface area contributed by atoms with Gasteiger partial charge in [0.2, 0.25) is 11.8 Å². The number of ether oxygens (including phenoxy) is 1. The molecule has 0 saturated carbocycles. The van der Waals surface area contributed by atoms with Crippen LogP contribution in [0.1, 0.15) is 25.7 Å². The summed E-state index contributed by atoms with van der Waals surface area (Å²) in [5.74, 6) is 0.462. The molecule has 0 unspecified atom stereocenters. The third-order valence-corrected chi connectivity index (χ3v) is 4.12. The second kappa shape index (κ2) is 7.59. The summed E-state index contributed by atoms with van der Waals surface area (Å²) in [5.41, 5.74) is 0. The average Bonchev–Trinajstić information content (AvgIpc) is 2.98. The predicted octanol–water partition coefficient (Wildman–Crippen LogP) is -0.260. The van der Waals surface area contributed by atoms with Crippen LogP contribution in [0.4, 0.5) is 0 Å². The molecule has 114 valence electrons. The lowest BCUT2D eigenvalue weighted by Crippen LogP contribution is -2.52. The summed E-state index contributed by atoms with van der Waals surface area (Å²) >= 11 is 0. The first-order valence-corrected chi connectivity index (χ1v) is 7.51. The lowest BCUT2D eigenvalue weighted by molar-refractivity contribution is -0.130. The van der Waals surface area contributed by atoms with Gasteiger partial charge in [0.15, 0.2) is 0 Å². The van der Waals surface area contributed by atoms with Crippen molar-refractivity contribution in [3.63, 3.8) is 0 Å². The number of amides is 2. The number of nitrogens with zero attached hydrogens (tertiary/aromatic N) is 1. The fourth-order valence-electron chi connectivity index (χ4n) is 2.89. The molecule has 0 bridgehead atoms. The number of nitrogens with one attached hydrogen (secondary N) is 2. The van der Waals surface area contributed by atoms with Crippen molar-refractivity contribution < 1.29 is 14.3 Å². The molecule has 6 nitrogen and oxygen atoms in total. The van der Waals surface area contributed by atoms with Crippen molar-refractivity contribution in [3.05, 3.63) is 0 Å². The molecule has 2 rings (SSSR count). The average molecular weight is 283 g/mol. The quantitative estimate of drug-likeness (QED) is 0.729. The molecule has 6 heteroatoms. The first-order valence-electron chi connectivity index (χ1n) is 7.51. The third kappa shape index (κ3) is 4.18. The molecule has 2 amide bonds. The number of hydrogen-bond acceptors (Lipinski definition) is 4. The van der Waals surface area contributed by atoms with Crippen molar-refractivity contribution in [2.24, 2.45) is 5.92 Å². The Bertz CT molecular complexity index is 343. The monoisotopic (exact) mass is 283 g/mol. The summed E-state index contributed by atoms with van der Waals surface area (Å²) in [5, 5.41) is 5.64. The molecule has 0 spiro atoms. The van der Waals surface area contributed by atoms with Crippen molar-refractivity contribution in [2.75, 3.05) is 39.9 Å². The maximum absolute atomic E-state index is 12.0. The van der Waals surface area contributed by atoms with Gasteiger partial charge in [-0.25, -0.2) is 0 Å². The zero-order chi connectivity index (χ0) is 14.4. The molecule has 2 heterocycles. The standard InChI is InChI=1S/C14H25N3O3/c1-15-14(19)12-4-2-3-6-17(12)9-13(18)16-8-11-5-7-20-10-11/h11-12H,2-10H2,1H3,(H,15,19)(H,16,18)/t11-,12-/m1/s1. The minimum absolute atomic E-state index is 0.00713. The number of likely N-dealkylation sites (tertiary alicyclic amines) is 1. The van der Waals surface area contributed by atoms with Gasteiger partial charge in [-0.05, 0) is 25.8 Å². The van der Waals surface area contributed by atoms with Crippen LogP contribution in [0.25, 0.3) is 0 Å². The Morgan fingerprint density at radius 3 is 2.85 bits per heavy atom. The van der Waals surface area contributed by atoms with Gasteiger partial charge in [-0.2, -0.15) is 0 Å². The molecule has 20 heavy (non-hydrogen) atoms. The molecule has 0 aromatic carbocycles. The van der Waals surface area contributed by atoms with Crippen molar-refractivity contribution in [3.8, 4) is 0 Å². The van der Waals surface area contributed by atoms with Crippen molar-refractivity contribution in [2.45, 2.75) is 31.7 Å². The van der Waals surface area contributed by atoms with Gasteiger partial charge in [-0.15, -0.1) is 0 Å². The Hall–Kier alpha value is -1.14. The highest BCUT2D eigenvalue weighted by atomic mass is 16.5. The number of hydrogen-bond donors (Lipinski definition) is 2. The summed E-state index contributed by atoms with van der Waals surface area (Å²) in [4.78, 5) is 25.8. The molecule has 0 aromatic heterocycles. The number of piperidine rings is 1. The predicted molar refractivity (Wildman–Crippen MR) is 75.2 cm³/mol. The number of likely N-dealkylation sites (N-methyl/N-ethyl adjacent to an activating group) is 1. The van der Waals surface area contributed by atoms with Crippen LogP contribution in [0.2, 0.25) is 0 Å². The van der Waals surface area contributed by atoms with Crippen molar-refractivity contribution in [1.29, 1.82) is 0 Å². The number of carbonyl (C=O) groups excluding carboxylic acids is 2. The normalized spacial score (nSPS) is 27.2. The molecule has 2 N–H and O–H groups in total. The number of carbonyl (C=O) groups is 2. The minimum Gasteiger partial charge on any atom is -0.381 e. The highest BCUT2D eigenvalue weighted by Crippen LogP contribution is 2.16. The SMILES string of the molecule is CNC(=O)[C@H]1CCCCN1CC(=O)NC[C@H]1CCOC1. The van der Waals surface area contributed by atoms with E-state index in [1.807, 2.05) is 4.90 Å². The van der Waals surface area contributed by atoms with Crippen LogP contribution < -0.4 is 10.6 Å². The largest absolute Gasteiger partial charge is 0.381 e. The molecule has 2 fully saturated rings. The van der Waals surface area contributed by atoms with E-state index in [4.69, 9.17) is 4.74 Å². The van der Waals surface area contributed by atoms with Crippen molar-refractivity contribution >= 4 is 11.8 Å². The van der Waals surface area contributed by atoms with E-state index in [9.17, 15) is 9.59 Å². The van der Waals surface area contributed by atoms with Crippen LogP contribution in [0.15, 0.2) is 0 Å². The minimum atomic E-state index is -0.158. The summed E-state index contributed by atoms with van der Waals surface area (Å²) in [6.07, 6.45) is 3.96. The highest BCUT2D eigenvalue weighted by Gasteiger charge is 2.29. The smallest absolute Gasteiger partial charge is 0.237 e. The Kier molecular flexibility index (Phi) is 5.79. The van der Waals surface area contributed by atoms with Gasteiger partial charge in [-0.3, -0.25) is 14.5 Å². The zero-order valence-corrected chi connectivity index (χ0v) is 12.2. The summed E-state index contributed by atoms with van der Waals surface area (Å²) < 4.78 is 5.29. The molecule has 2 atom stereocenters. The van der Waals surface area contributed by atoms with Gasteiger partial charge in [0, 0.05) is 26.1 Å². The molecular formula is C14H25N3O3. The lowest BCUT2D eigenvalue weighted by atomic mass is 10.0. The summed E-state index contributed by atoms with van der Waals surface area (Å²) in [7, 11) is 1.65. The number of rotatable bonds is 5. The van der Waals surface area contributed by atoms with Crippen LogP contribution >= 0.6 is 0 Å². The molecular weight excluding hydrogens is 258 g/mol. The lowest BCUT2D eigenvalue weighted by Gasteiger charge is -2.33. The van der Waals surface area contributed by atoms with Gasteiger partial charge < -0.3 is 15.4 Å². The fourth-order valence-corrected chi connectivity index (χ4v) is 2.89. The van der Waals surface area contributed by atoms with Crippen LogP contribution in [-0.2, 0) is 14.3 Å². The summed E-state index contributed by atoms with van der Waals surface area (Å²) in [6, 6.07) is -0.158. The first-order chi connectivity index (χ1) is 9.70.